The SMILES string of the molecule is CN(CC(C)(C)C)S(=O)(=O)CCOc1ccccc1N. The fourth-order valence-corrected chi connectivity index (χ4v) is 2.98. The van der Waals surface area contributed by atoms with Crippen molar-refractivity contribution in [2.45, 2.75) is 20.8 Å². The summed E-state index contributed by atoms with van der Waals surface area (Å²) in [5.41, 5.74) is 6.16. The molecule has 0 bridgehead atoms. The van der Waals surface area contributed by atoms with Crippen molar-refractivity contribution in [3.8, 4) is 5.75 Å². The third-order valence-corrected chi connectivity index (χ3v) is 4.45. The first-order chi connectivity index (χ1) is 9.12. The maximum absolute atomic E-state index is 12.1. The van der Waals surface area contributed by atoms with Crippen LogP contribution in [-0.2, 0) is 10.0 Å². The highest BCUT2D eigenvalue weighted by Crippen LogP contribution is 2.20. The molecular weight excluding hydrogens is 276 g/mol. The molecule has 114 valence electrons. The molecule has 0 radical (unpaired) electrons. The fourth-order valence-electron chi connectivity index (χ4n) is 1.79. The van der Waals surface area contributed by atoms with Crippen LogP contribution >= 0.6 is 0 Å². The molecule has 5 nitrogen and oxygen atoms in total. The van der Waals surface area contributed by atoms with Gasteiger partial charge in [-0.05, 0) is 17.5 Å². The Morgan fingerprint density at radius 1 is 1.25 bits per heavy atom. The number of anilines is 1. The van der Waals surface area contributed by atoms with Crippen LogP contribution in [0.5, 0.6) is 5.75 Å². The summed E-state index contributed by atoms with van der Waals surface area (Å²) in [6, 6.07) is 7.04. The van der Waals surface area contributed by atoms with Crippen molar-refractivity contribution >= 4 is 15.7 Å². The molecule has 0 heterocycles. The van der Waals surface area contributed by atoms with Gasteiger partial charge in [-0.1, -0.05) is 32.9 Å². The monoisotopic (exact) mass is 300 g/mol. The molecule has 0 aliphatic rings. The van der Waals surface area contributed by atoms with Crippen molar-refractivity contribution in [1.82, 2.24) is 4.31 Å². The molecule has 6 heteroatoms. The van der Waals surface area contributed by atoms with Gasteiger partial charge in [0.15, 0.2) is 0 Å². The van der Waals surface area contributed by atoms with E-state index in [-0.39, 0.29) is 17.8 Å². The van der Waals surface area contributed by atoms with Crippen LogP contribution < -0.4 is 10.5 Å². The number of nitrogen functional groups attached to an aromatic ring is 1. The molecule has 1 aromatic rings. The molecule has 2 N–H and O–H groups in total. The Bertz CT molecular complexity index is 536. The quantitative estimate of drug-likeness (QED) is 0.815. The Balaban J connectivity index is 2.54. The molecule has 0 aliphatic carbocycles. The number of hydrogen-bond donors (Lipinski definition) is 1. The van der Waals surface area contributed by atoms with E-state index in [9.17, 15) is 8.42 Å². The zero-order valence-electron chi connectivity index (χ0n) is 12.6. The van der Waals surface area contributed by atoms with Crippen molar-refractivity contribution in [3.05, 3.63) is 24.3 Å². The molecule has 1 aromatic carbocycles. The van der Waals surface area contributed by atoms with Crippen LogP contribution in [0.1, 0.15) is 20.8 Å². The van der Waals surface area contributed by atoms with E-state index in [0.29, 0.717) is 18.0 Å². The summed E-state index contributed by atoms with van der Waals surface area (Å²) >= 11 is 0. The molecular formula is C14H24N2O3S. The number of nitrogens with zero attached hydrogens (tertiary/aromatic N) is 1. The summed E-state index contributed by atoms with van der Waals surface area (Å²) in [7, 11) is -1.71. The van der Waals surface area contributed by atoms with Gasteiger partial charge in [0.1, 0.15) is 12.4 Å². The largest absolute Gasteiger partial charge is 0.490 e. The molecule has 0 saturated carbocycles. The van der Waals surface area contributed by atoms with Gasteiger partial charge >= 0.3 is 0 Å². The Morgan fingerprint density at radius 2 is 1.85 bits per heavy atom. The van der Waals surface area contributed by atoms with Crippen LogP contribution in [0.4, 0.5) is 5.69 Å². The molecule has 0 spiro atoms. The van der Waals surface area contributed by atoms with Crippen molar-refractivity contribution in [2.75, 3.05) is 31.7 Å². The minimum atomic E-state index is -3.31. The minimum absolute atomic E-state index is 0.0616. The summed E-state index contributed by atoms with van der Waals surface area (Å²) in [6.07, 6.45) is 0. The number of sulfonamides is 1. The normalized spacial score (nSPS) is 12.7. The predicted octanol–water partition coefficient (Wildman–Crippen LogP) is 1.96. The summed E-state index contributed by atoms with van der Waals surface area (Å²) in [4.78, 5) is 0. The van der Waals surface area contributed by atoms with E-state index in [1.165, 1.54) is 4.31 Å². The lowest BCUT2D eigenvalue weighted by Gasteiger charge is -2.26. The molecule has 0 fully saturated rings. The van der Waals surface area contributed by atoms with E-state index in [2.05, 4.69) is 0 Å². The van der Waals surface area contributed by atoms with Crippen molar-refractivity contribution in [1.29, 1.82) is 0 Å². The zero-order valence-corrected chi connectivity index (χ0v) is 13.4. The standard InChI is InChI=1S/C14H24N2O3S/c1-14(2,3)11-16(4)20(17,18)10-9-19-13-8-6-5-7-12(13)15/h5-8H,9-11,15H2,1-4H3. The molecule has 20 heavy (non-hydrogen) atoms. The van der Waals surface area contributed by atoms with Crippen LogP contribution in [0.3, 0.4) is 0 Å². The third kappa shape index (κ3) is 5.38. The number of hydrogen-bond acceptors (Lipinski definition) is 4. The predicted molar refractivity (Wildman–Crippen MR) is 82.2 cm³/mol. The lowest BCUT2D eigenvalue weighted by Crippen LogP contribution is -2.37. The molecule has 1 rings (SSSR count). The van der Waals surface area contributed by atoms with E-state index < -0.39 is 10.0 Å². The maximum Gasteiger partial charge on any atom is 0.217 e. The number of ether oxygens (including phenoxy) is 1. The van der Waals surface area contributed by atoms with Crippen LogP contribution in [0.15, 0.2) is 24.3 Å². The highest BCUT2D eigenvalue weighted by Gasteiger charge is 2.23. The molecule has 0 atom stereocenters. The summed E-state index contributed by atoms with van der Waals surface area (Å²) in [5.74, 6) is 0.453. The molecule has 0 saturated heterocycles. The van der Waals surface area contributed by atoms with Gasteiger partial charge in [0.25, 0.3) is 0 Å². The first kappa shape index (κ1) is 16.8. The van der Waals surface area contributed by atoms with Gasteiger partial charge in [-0.3, -0.25) is 0 Å². The van der Waals surface area contributed by atoms with Gasteiger partial charge in [0.05, 0.1) is 11.4 Å². The first-order valence-electron chi connectivity index (χ1n) is 6.53. The summed E-state index contributed by atoms with van der Waals surface area (Å²) < 4.78 is 31.0. The van der Waals surface area contributed by atoms with Gasteiger partial charge in [-0.15, -0.1) is 0 Å². The van der Waals surface area contributed by atoms with E-state index in [0.717, 1.165) is 0 Å². The van der Waals surface area contributed by atoms with Crippen LogP contribution in [-0.4, -0.2) is 38.7 Å². The van der Waals surface area contributed by atoms with Crippen LogP contribution in [0.2, 0.25) is 0 Å². The Kier molecular flexibility index (Phi) is 5.42. The molecule has 0 aliphatic heterocycles. The Labute approximate surface area is 121 Å². The topological polar surface area (TPSA) is 72.6 Å². The summed E-state index contributed by atoms with van der Waals surface area (Å²) in [5, 5.41) is 0. The van der Waals surface area contributed by atoms with Gasteiger partial charge < -0.3 is 10.5 Å². The second-order valence-corrected chi connectivity index (χ2v) is 8.21. The van der Waals surface area contributed by atoms with Gasteiger partial charge in [0, 0.05) is 13.6 Å². The Hall–Kier alpha value is -1.27. The third-order valence-electron chi connectivity index (χ3n) is 2.69. The lowest BCUT2D eigenvalue weighted by atomic mass is 9.97. The summed E-state index contributed by atoms with van der Waals surface area (Å²) in [6.45, 7) is 6.56. The number of benzene rings is 1. The lowest BCUT2D eigenvalue weighted by molar-refractivity contribution is 0.303. The smallest absolute Gasteiger partial charge is 0.217 e. The van der Waals surface area contributed by atoms with Crippen LogP contribution in [0, 0.1) is 5.41 Å². The second-order valence-electron chi connectivity index (χ2n) is 6.02. The van der Waals surface area contributed by atoms with E-state index >= 15 is 0 Å². The highest BCUT2D eigenvalue weighted by molar-refractivity contribution is 7.89. The van der Waals surface area contributed by atoms with Crippen molar-refractivity contribution < 1.29 is 13.2 Å². The molecule has 0 unspecified atom stereocenters. The molecule has 0 amide bonds. The average molecular weight is 300 g/mol. The molecule has 0 aromatic heterocycles. The van der Waals surface area contributed by atoms with Gasteiger partial charge in [0.2, 0.25) is 10.0 Å². The van der Waals surface area contributed by atoms with Gasteiger partial charge in [-0.2, -0.15) is 0 Å². The number of para-hydroxylation sites is 2. The Morgan fingerprint density at radius 3 is 2.40 bits per heavy atom. The number of nitrogens with two attached hydrogens (primary N) is 1. The van der Waals surface area contributed by atoms with Crippen molar-refractivity contribution in [3.63, 3.8) is 0 Å². The highest BCUT2D eigenvalue weighted by atomic mass is 32.2. The number of rotatable bonds is 6. The van der Waals surface area contributed by atoms with E-state index in [1.54, 1.807) is 31.3 Å². The van der Waals surface area contributed by atoms with E-state index in [1.807, 2.05) is 20.8 Å². The first-order valence-corrected chi connectivity index (χ1v) is 8.14. The van der Waals surface area contributed by atoms with Crippen molar-refractivity contribution in [2.24, 2.45) is 5.41 Å². The second kappa shape index (κ2) is 6.45. The van der Waals surface area contributed by atoms with Crippen LogP contribution in [0.25, 0.3) is 0 Å². The maximum atomic E-state index is 12.1. The van der Waals surface area contributed by atoms with E-state index in [4.69, 9.17) is 10.5 Å². The zero-order chi connectivity index (χ0) is 15.4. The minimum Gasteiger partial charge on any atom is -0.490 e. The van der Waals surface area contributed by atoms with Gasteiger partial charge in [-0.25, -0.2) is 12.7 Å². The average Bonchev–Trinajstić information content (AvgIpc) is 2.29. The fraction of sp³-hybridized carbons (Fsp3) is 0.571.